The zero-order valence-corrected chi connectivity index (χ0v) is 14.2. The van der Waals surface area contributed by atoms with E-state index in [-0.39, 0.29) is 0 Å². The molecule has 2 nitrogen and oxygen atoms in total. The van der Waals surface area contributed by atoms with E-state index in [1.165, 1.54) is 43.3 Å². The summed E-state index contributed by atoms with van der Waals surface area (Å²) in [5, 5.41) is 6.18. The van der Waals surface area contributed by atoms with Gasteiger partial charge in [0.1, 0.15) is 0 Å². The second-order valence-electron chi connectivity index (χ2n) is 6.37. The molecule has 0 radical (unpaired) electrons. The molecule has 2 aliphatic rings. The lowest BCUT2D eigenvalue weighted by molar-refractivity contribution is 1.16. The first-order valence-electron chi connectivity index (χ1n) is 8.39. The zero-order chi connectivity index (χ0) is 16.4. The second kappa shape index (κ2) is 4.80. The summed E-state index contributed by atoms with van der Waals surface area (Å²) in [5.41, 5.74) is 6.08. The summed E-state index contributed by atoms with van der Waals surface area (Å²) < 4.78 is 0. The van der Waals surface area contributed by atoms with Crippen molar-refractivity contribution >= 4 is 51.0 Å². The second-order valence-corrected chi connectivity index (χ2v) is 7.45. The third kappa shape index (κ3) is 1.76. The van der Waals surface area contributed by atoms with Crippen LogP contribution < -0.4 is 10.2 Å². The molecule has 0 aromatic heterocycles. The van der Waals surface area contributed by atoms with Crippen molar-refractivity contribution < 1.29 is 0 Å². The Morgan fingerprint density at radius 1 is 0.640 bits per heavy atom. The zero-order valence-electron chi connectivity index (χ0n) is 13.4. The van der Waals surface area contributed by atoms with Gasteiger partial charge in [-0.15, -0.1) is 0 Å². The highest BCUT2D eigenvalue weighted by atomic mass is 32.2. The number of nitrogens with zero attached hydrogens (tertiary/aromatic N) is 1. The number of anilines is 5. The fourth-order valence-corrected chi connectivity index (χ4v) is 4.99. The molecule has 0 spiro atoms. The van der Waals surface area contributed by atoms with Gasteiger partial charge in [0.25, 0.3) is 0 Å². The summed E-state index contributed by atoms with van der Waals surface area (Å²) in [4.78, 5) is 5.03. The highest BCUT2D eigenvalue weighted by Gasteiger charge is 2.32. The number of fused-ring (bicyclic) bond motifs is 6. The van der Waals surface area contributed by atoms with Gasteiger partial charge in [0.2, 0.25) is 0 Å². The van der Waals surface area contributed by atoms with Crippen molar-refractivity contribution in [1.29, 1.82) is 0 Å². The van der Waals surface area contributed by atoms with Crippen molar-refractivity contribution in [1.82, 2.24) is 0 Å². The van der Waals surface area contributed by atoms with Crippen molar-refractivity contribution in [2.75, 3.05) is 10.2 Å². The molecular formula is C22H14N2S. The molecule has 0 saturated heterocycles. The Hall–Kier alpha value is -2.91. The molecule has 25 heavy (non-hydrogen) atoms. The van der Waals surface area contributed by atoms with Crippen LogP contribution in [-0.2, 0) is 0 Å². The number of nitrogens with one attached hydrogen (secondary N) is 1. The molecule has 4 aromatic carbocycles. The van der Waals surface area contributed by atoms with Crippen molar-refractivity contribution in [3.05, 3.63) is 78.9 Å². The lowest BCUT2D eigenvalue weighted by Crippen LogP contribution is -2.21. The van der Waals surface area contributed by atoms with Crippen LogP contribution in [0.15, 0.2) is 88.7 Å². The van der Waals surface area contributed by atoms with Crippen LogP contribution in [0.5, 0.6) is 0 Å². The third-order valence-electron chi connectivity index (χ3n) is 4.94. The highest BCUT2D eigenvalue weighted by molar-refractivity contribution is 7.99. The quantitative estimate of drug-likeness (QED) is 0.327. The predicted octanol–water partition coefficient (Wildman–Crippen LogP) is 6.83. The fraction of sp³-hybridized carbons (Fsp3) is 0. The Balaban J connectivity index is 1.77. The Kier molecular flexibility index (Phi) is 2.57. The number of hydrogen-bond donors (Lipinski definition) is 1. The molecule has 4 aromatic rings. The topological polar surface area (TPSA) is 15.3 Å². The number of para-hydroxylation sites is 3. The van der Waals surface area contributed by atoms with Gasteiger partial charge in [0.15, 0.2) is 0 Å². The van der Waals surface area contributed by atoms with Gasteiger partial charge in [-0.05, 0) is 35.7 Å². The summed E-state index contributed by atoms with van der Waals surface area (Å²) >= 11 is 1.86. The SMILES string of the molecule is c1ccc2c(c1)Nc1cccc3c1N2c1c(ccc2ccccc12)S3. The average Bonchev–Trinajstić information content (AvgIpc) is 2.67. The molecule has 118 valence electrons. The van der Waals surface area contributed by atoms with Crippen LogP contribution in [0.4, 0.5) is 28.4 Å². The van der Waals surface area contributed by atoms with Crippen molar-refractivity contribution in [3.8, 4) is 0 Å². The molecule has 1 N–H and O–H groups in total. The Morgan fingerprint density at radius 2 is 1.44 bits per heavy atom. The maximum atomic E-state index is 3.60. The van der Waals surface area contributed by atoms with Gasteiger partial charge in [-0.3, -0.25) is 0 Å². The Bertz CT molecular complexity index is 1150. The van der Waals surface area contributed by atoms with Gasteiger partial charge in [-0.1, -0.05) is 60.3 Å². The van der Waals surface area contributed by atoms with Gasteiger partial charge >= 0.3 is 0 Å². The lowest BCUT2D eigenvalue weighted by Gasteiger charge is -2.39. The van der Waals surface area contributed by atoms with Crippen LogP contribution in [0, 0.1) is 0 Å². The monoisotopic (exact) mass is 338 g/mol. The molecular weight excluding hydrogens is 324 g/mol. The standard InChI is InChI=1S/C22H14N2S/c1-2-7-15-14(6-1)12-13-20-21(15)24-18-10-4-3-8-16(18)23-17-9-5-11-19(25-20)22(17)24/h1-13,23H. The van der Waals surface area contributed by atoms with Gasteiger partial charge < -0.3 is 10.2 Å². The van der Waals surface area contributed by atoms with E-state index in [4.69, 9.17) is 0 Å². The summed E-state index contributed by atoms with van der Waals surface area (Å²) in [7, 11) is 0. The average molecular weight is 338 g/mol. The molecule has 0 bridgehead atoms. The van der Waals surface area contributed by atoms with Crippen LogP contribution in [-0.4, -0.2) is 0 Å². The summed E-state index contributed by atoms with van der Waals surface area (Å²) in [6.45, 7) is 0. The molecule has 0 atom stereocenters. The van der Waals surface area contributed by atoms with Crippen LogP contribution in [0.25, 0.3) is 10.8 Å². The predicted molar refractivity (Wildman–Crippen MR) is 106 cm³/mol. The summed E-state index contributed by atoms with van der Waals surface area (Å²) in [6.07, 6.45) is 0. The van der Waals surface area contributed by atoms with Crippen LogP contribution in [0.2, 0.25) is 0 Å². The van der Waals surface area contributed by atoms with Crippen LogP contribution in [0.3, 0.4) is 0 Å². The minimum atomic E-state index is 1.15. The summed E-state index contributed by atoms with van der Waals surface area (Å²) in [5.74, 6) is 0. The number of rotatable bonds is 0. The molecule has 6 rings (SSSR count). The van der Waals surface area contributed by atoms with E-state index in [1.807, 2.05) is 11.8 Å². The van der Waals surface area contributed by atoms with Crippen molar-refractivity contribution in [3.63, 3.8) is 0 Å². The molecule has 2 heterocycles. The minimum absolute atomic E-state index is 1.15. The van der Waals surface area contributed by atoms with E-state index in [9.17, 15) is 0 Å². The first kappa shape index (κ1) is 13.4. The van der Waals surface area contributed by atoms with Crippen LogP contribution >= 0.6 is 11.8 Å². The highest BCUT2D eigenvalue weighted by Crippen LogP contribution is 2.59. The molecule has 0 unspecified atom stereocenters. The lowest BCUT2D eigenvalue weighted by atomic mass is 10.0. The first-order chi connectivity index (χ1) is 12.4. The maximum absolute atomic E-state index is 3.60. The van der Waals surface area contributed by atoms with Gasteiger partial charge in [-0.25, -0.2) is 0 Å². The van der Waals surface area contributed by atoms with E-state index >= 15 is 0 Å². The van der Waals surface area contributed by atoms with Gasteiger partial charge in [-0.2, -0.15) is 0 Å². The molecule has 0 fully saturated rings. The Morgan fingerprint density at radius 3 is 2.44 bits per heavy atom. The largest absolute Gasteiger partial charge is 0.352 e. The van der Waals surface area contributed by atoms with E-state index in [0.717, 1.165) is 5.69 Å². The fourth-order valence-electron chi connectivity index (χ4n) is 3.87. The van der Waals surface area contributed by atoms with E-state index < -0.39 is 0 Å². The van der Waals surface area contributed by atoms with Gasteiger partial charge in [0, 0.05) is 15.2 Å². The number of benzene rings is 4. The van der Waals surface area contributed by atoms with Crippen LogP contribution in [0.1, 0.15) is 0 Å². The van der Waals surface area contributed by atoms with Gasteiger partial charge in [0.05, 0.1) is 28.4 Å². The molecule has 3 heteroatoms. The van der Waals surface area contributed by atoms with E-state index in [1.54, 1.807) is 0 Å². The summed E-state index contributed by atoms with van der Waals surface area (Å²) in [6, 6.07) is 28.2. The third-order valence-corrected chi connectivity index (χ3v) is 6.04. The molecule has 2 aliphatic heterocycles. The minimum Gasteiger partial charge on any atom is -0.352 e. The van der Waals surface area contributed by atoms with Crippen molar-refractivity contribution in [2.24, 2.45) is 0 Å². The van der Waals surface area contributed by atoms with E-state index in [0.29, 0.717) is 0 Å². The van der Waals surface area contributed by atoms with Crippen molar-refractivity contribution in [2.45, 2.75) is 9.79 Å². The normalized spacial score (nSPS) is 13.7. The maximum Gasteiger partial charge on any atom is 0.0839 e. The molecule has 0 saturated carbocycles. The number of hydrogen-bond acceptors (Lipinski definition) is 3. The molecule has 0 aliphatic carbocycles. The first-order valence-corrected chi connectivity index (χ1v) is 9.20. The van der Waals surface area contributed by atoms with E-state index in [2.05, 4.69) is 89.1 Å². The smallest absolute Gasteiger partial charge is 0.0839 e. The molecule has 0 amide bonds. The Labute approximate surface area is 150 Å².